The fraction of sp³-hybridized carbons (Fsp3) is 0.294. The summed E-state index contributed by atoms with van der Waals surface area (Å²) in [7, 11) is -3.71. The summed E-state index contributed by atoms with van der Waals surface area (Å²) >= 11 is 0. The van der Waals surface area contributed by atoms with E-state index in [4.69, 9.17) is 0 Å². The van der Waals surface area contributed by atoms with Crippen molar-refractivity contribution in [1.82, 2.24) is 9.29 Å². The van der Waals surface area contributed by atoms with Crippen molar-refractivity contribution in [3.8, 4) is 0 Å². The maximum Gasteiger partial charge on any atom is 0.274 e. The fourth-order valence-electron chi connectivity index (χ4n) is 2.71. The first-order chi connectivity index (χ1) is 12.0. The number of aliphatic hydroxyl groups is 1. The Balaban J connectivity index is 1.80. The van der Waals surface area contributed by atoms with E-state index in [2.05, 4.69) is 10.3 Å². The molecule has 1 aromatic carbocycles. The lowest BCUT2D eigenvalue weighted by molar-refractivity contribution is 0.102. The van der Waals surface area contributed by atoms with Gasteiger partial charge in [0.05, 0.1) is 11.0 Å². The quantitative estimate of drug-likeness (QED) is 0.859. The topological polar surface area (TPSA) is 99.6 Å². The maximum absolute atomic E-state index is 12.7. The van der Waals surface area contributed by atoms with Crippen molar-refractivity contribution in [3.63, 3.8) is 0 Å². The smallest absolute Gasteiger partial charge is 0.274 e. The van der Waals surface area contributed by atoms with E-state index < -0.39 is 22.0 Å². The summed E-state index contributed by atoms with van der Waals surface area (Å²) in [6.07, 6.45) is 2.09. The van der Waals surface area contributed by atoms with Gasteiger partial charge in [-0.3, -0.25) is 9.78 Å². The van der Waals surface area contributed by atoms with E-state index in [1.54, 1.807) is 30.3 Å². The van der Waals surface area contributed by atoms with Crippen molar-refractivity contribution < 1.29 is 18.3 Å². The predicted octanol–water partition coefficient (Wildman–Crippen LogP) is 1.48. The van der Waals surface area contributed by atoms with E-state index >= 15 is 0 Å². The van der Waals surface area contributed by atoms with Crippen LogP contribution < -0.4 is 5.32 Å². The summed E-state index contributed by atoms with van der Waals surface area (Å²) in [6, 6.07) is 11.1. The molecule has 25 heavy (non-hydrogen) atoms. The van der Waals surface area contributed by atoms with Crippen molar-refractivity contribution in [3.05, 3.63) is 54.4 Å². The minimum absolute atomic E-state index is 0.0837. The number of carbonyl (C=O) groups is 1. The number of sulfonamides is 1. The highest BCUT2D eigenvalue weighted by molar-refractivity contribution is 7.89. The number of carbonyl (C=O) groups excluding carboxylic acids is 1. The highest BCUT2D eigenvalue weighted by atomic mass is 32.2. The number of aliphatic hydroxyl groups excluding tert-OH is 1. The third-order valence-electron chi connectivity index (χ3n) is 3.99. The third-order valence-corrected chi connectivity index (χ3v) is 5.85. The molecule has 0 aliphatic carbocycles. The normalized spacial score (nSPS) is 18.7. The SMILES string of the molecule is O=C(Nc1cccc(S(=O)(=O)N2CCC[C@@H](O)C2)c1)c1ccccn1. The van der Waals surface area contributed by atoms with Gasteiger partial charge < -0.3 is 10.4 Å². The largest absolute Gasteiger partial charge is 0.392 e. The van der Waals surface area contributed by atoms with Gasteiger partial charge in [0.25, 0.3) is 5.91 Å². The average Bonchev–Trinajstić information content (AvgIpc) is 2.62. The third kappa shape index (κ3) is 4.04. The second-order valence-electron chi connectivity index (χ2n) is 5.86. The molecule has 1 saturated heterocycles. The lowest BCUT2D eigenvalue weighted by atomic mass is 10.1. The Morgan fingerprint density at radius 2 is 2.08 bits per heavy atom. The van der Waals surface area contributed by atoms with Gasteiger partial charge in [0, 0.05) is 25.0 Å². The molecule has 1 amide bonds. The van der Waals surface area contributed by atoms with E-state index in [1.165, 1.54) is 22.6 Å². The summed E-state index contributed by atoms with van der Waals surface area (Å²) < 4.78 is 26.7. The lowest BCUT2D eigenvalue weighted by Crippen LogP contribution is -2.42. The average molecular weight is 361 g/mol. The molecule has 2 heterocycles. The molecule has 8 heteroatoms. The summed E-state index contributed by atoms with van der Waals surface area (Å²) in [5, 5.41) is 12.4. The highest BCUT2D eigenvalue weighted by Crippen LogP contribution is 2.23. The fourth-order valence-corrected chi connectivity index (χ4v) is 4.28. The van der Waals surface area contributed by atoms with Crippen molar-refractivity contribution in [1.29, 1.82) is 0 Å². The molecule has 0 unspecified atom stereocenters. The van der Waals surface area contributed by atoms with Crippen LogP contribution in [0.3, 0.4) is 0 Å². The first-order valence-electron chi connectivity index (χ1n) is 7.97. The van der Waals surface area contributed by atoms with Crippen molar-refractivity contribution in [2.75, 3.05) is 18.4 Å². The van der Waals surface area contributed by atoms with E-state index in [-0.39, 0.29) is 17.1 Å². The Labute approximate surface area is 146 Å². The van der Waals surface area contributed by atoms with Crippen molar-refractivity contribution in [2.45, 2.75) is 23.8 Å². The molecule has 2 aromatic rings. The molecule has 7 nitrogen and oxygen atoms in total. The first kappa shape index (κ1) is 17.5. The van der Waals surface area contributed by atoms with Crippen LogP contribution in [-0.4, -0.2) is 47.9 Å². The molecular weight excluding hydrogens is 342 g/mol. The van der Waals surface area contributed by atoms with Crippen LogP contribution in [0, 0.1) is 0 Å². The van der Waals surface area contributed by atoms with Crippen LogP contribution >= 0.6 is 0 Å². The molecule has 1 aromatic heterocycles. The summed E-state index contributed by atoms with van der Waals surface area (Å²) in [5.74, 6) is -0.413. The summed E-state index contributed by atoms with van der Waals surface area (Å²) in [4.78, 5) is 16.2. The summed E-state index contributed by atoms with van der Waals surface area (Å²) in [6.45, 7) is 0.469. The number of piperidine rings is 1. The zero-order valence-corrected chi connectivity index (χ0v) is 14.3. The molecule has 0 saturated carbocycles. The van der Waals surface area contributed by atoms with Crippen molar-refractivity contribution >= 4 is 21.6 Å². The van der Waals surface area contributed by atoms with Crippen LogP contribution in [0.25, 0.3) is 0 Å². The first-order valence-corrected chi connectivity index (χ1v) is 9.41. The van der Waals surface area contributed by atoms with Crippen LogP contribution in [0.4, 0.5) is 5.69 Å². The number of aromatic nitrogens is 1. The van der Waals surface area contributed by atoms with E-state index in [1.807, 2.05) is 0 Å². The van der Waals surface area contributed by atoms with Crippen LogP contribution in [0.15, 0.2) is 53.6 Å². The van der Waals surface area contributed by atoms with Crippen LogP contribution in [0.2, 0.25) is 0 Å². The number of anilines is 1. The second-order valence-corrected chi connectivity index (χ2v) is 7.79. The Kier molecular flexibility index (Phi) is 5.12. The number of hydrogen-bond acceptors (Lipinski definition) is 5. The number of hydrogen-bond donors (Lipinski definition) is 2. The van der Waals surface area contributed by atoms with Gasteiger partial charge in [-0.15, -0.1) is 0 Å². The molecule has 0 spiro atoms. The molecule has 3 rings (SSSR count). The molecule has 132 valence electrons. The van der Waals surface area contributed by atoms with Gasteiger partial charge in [0.15, 0.2) is 0 Å². The molecule has 1 fully saturated rings. The molecule has 1 aliphatic heterocycles. The maximum atomic E-state index is 12.7. The Bertz CT molecular complexity index is 855. The van der Waals surface area contributed by atoms with Gasteiger partial charge in [0.2, 0.25) is 10.0 Å². The van der Waals surface area contributed by atoms with Gasteiger partial charge in [-0.25, -0.2) is 8.42 Å². The van der Waals surface area contributed by atoms with Gasteiger partial charge in [0.1, 0.15) is 5.69 Å². The minimum atomic E-state index is -3.71. The number of β-amino-alcohol motifs (C(OH)–C–C–N with tert-alkyl or cyclic N) is 1. The zero-order chi connectivity index (χ0) is 17.9. The lowest BCUT2D eigenvalue weighted by Gasteiger charge is -2.29. The Hall–Kier alpha value is -2.29. The number of amides is 1. The van der Waals surface area contributed by atoms with Crippen molar-refractivity contribution in [2.24, 2.45) is 0 Å². The number of nitrogens with zero attached hydrogens (tertiary/aromatic N) is 2. The van der Waals surface area contributed by atoms with Crippen LogP contribution in [-0.2, 0) is 10.0 Å². The molecule has 1 atom stereocenters. The molecule has 2 N–H and O–H groups in total. The Morgan fingerprint density at radius 3 is 2.80 bits per heavy atom. The second kappa shape index (κ2) is 7.30. The number of pyridine rings is 1. The minimum Gasteiger partial charge on any atom is -0.392 e. The van der Waals surface area contributed by atoms with Gasteiger partial charge in [-0.1, -0.05) is 12.1 Å². The van der Waals surface area contributed by atoms with Gasteiger partial charge in [-0.05, 0) is 43.2 Å². The zero-order valence-electron chi connectivity index (χ0n) is 13.5. The predicted molar refractivity (Wildman–Crippen MR) is 92.6 cm³/mol. The van der Waals surface area contributed by atoms with Gasteiger partial charge >= 0.3 is 0 Å². The number of rotatable bonds is 4. The van der Waals surface area contributed by atoms with Crippen LogP contribution in [0.1, 0.15) is 23.3 Å². The number of nitrogens with one attached hydrogen (secondary N) is 1. The van der Waals surface area contributed by atoms with Crippen LogP contribution in [0.5, 0.6) is 0 Å². The monoisotopic (exact) mass is 361 g/mol. The van der Waals surface area contributed by atoms with E-state index in [9.17, 15) is 18.3 Å². The summed E-state index contributed by atoms with van der Waals surface area (Å²) in [5.41, 5.74) is 0.615. The Morgan fingerprint density at radius 1 is 1.24 bits per heavy atom. The van der Waals surface area contributed by atoms with E-state index in [0.29, 0.717) is 25.1 Å². The molecule has 0 bridgehead atoms. The molecule has 0 radical (unpaired) electrons. The van der Waals surface area contributed by atoms with Gasteiger partial charge in [-0.2, -0.15) is 4.31 Å². The van der Waals surface area contributed by atoms with E-state index in [0.717, 1.165) is 0 Å². The number of benzene rings is 1. The standard InChI is InChI=1S/C17H19N3O4S/c21-14-6-4-10-20(12-14)25(23,24)15-7-3-5-13(11-15)19-17(22)16-8-1-2-9-18-16/h1-3,5,7-9,11,14,21H,4,6,10,12H2,(H,19,22)/t14-/m1/s1. The molecule has 1 aliphatic rings. The highest BCUT2D eigenvalue weighted by Gasteiger charge is 2.29. The molecular formula is C17H19N3O4S.